The lowest BCUT2D eigenvalue weighted by Crippen LogP contribution is -2.32. The van der Waals surface area contributed by atoms with Gasteiger partial charge in [-0.1, -0.05) is 39.0 Å². The summed E-state index contributed by atoms with van der Waals surface area (Å²) in [4.78, 5) is 0. The van der Waals surface area contributed by atoms with Gasteiger partial charge in [0.25, 0.3) is 0 Å². The van der Waals surface area contributed by atoms with Crippen LogP contribution in [0.25, 0.3) is 0 Å². The number of hydrogen-bond acceptors (Lipinski definition) is 1. The van der Waals surface area contributed by atoms with Gasteiger partial charge in [-0.25, -0.2) is 4.57 Å². The molecule has 0 saturated carbocycles. The Bertz CT molecular complexity index is 321. The molecule has 0 saturated heterocycles. The first-order valence-electron chi connectivity index (χ1n) is 8.45. The summed E-state index contributed by atoms with van der Waals surface area (Å²) in [6, 6.07) is 4.57. The van der Waals surface area contributed by atoms with E-state index >= 15 is 0 Å². The van der Waals surface area contributed by atoms with Crippen molar-refractivity contribution >= 4 is 12.6 Å². The van der Waals surface area contributed by atoms with Gasteiger partial charge in [-0.2, -0.15) is 12.6 Å². The molecule has 0 bridgehead atoms. The quantitative estimate of drug-likeness (QED) is 0.315. The molecule has 0 amide bonds. The number of unbranched alkanes of at least 4 members (excludes halogenated alkanes) is 7. The van der Waals surface area contributed by atoms with E-state index in [1.54, 1.807) is 0 Å². The van der Waals surface area contributed by atoms with Crippen LogP contribution in [-0.4, -0.2) is 5.75 Å². The minimum absolute atomic E-state index is 1.05. The van der Waals surface area contributed by atoms with E-state index in [4.69, 9.17) is 0 Å². The molecule has 0 aliphatic heterocycles. The van der Waals surface area contributed by atoms with Crippen LogP contribution >= 0.6 is 12.6 Å². The predicted molar refractivity (Wildman–Crippen MR) is 91.4 cm³/mol. The minimum atomic E-state index is 1.05. The fraction of sp³-hybridized carbons (Fsp3) is 0.722. The van der Waals surface area contributed by atoms with Crippen molar-refractivity contribution in [1.82, 2.24) is 0 Å². The summed E-state index contributed by atoms with van der Waals surface area (Å²) < 4.78 is 2.33. The van der Waals surface area contributed by atoms with E-state index in [0.29, 0.717) is 0 Å². The van der Waals surface area contributed by atoms with Crippen LogP contribution in [0.3, 0.4) is 0 Å². The SMILES string of the molecule is CCCCc1cc[n+](CCCCCCCCCS)cc1. The van der Waals surface area contributed by atoms with Gasteiger partial charge in [0.15, 0.2) is 12.4 Å². The van der Waals surface area contributed by atoms with Crippen molar-refractivity contribution in [3.63, 3.8) is 0 Å². The second-order valence-electron chi connectivity index (χ2n) is 5.75. The molecular formula is C18H32NS+. The van der Waals surface area contributed by atoms with E-state index in [9.17, 15) is 0 Å². The van der Waals surface area contributed by atoms with E-state index in [1.807, 2.05) is 0 Å². The van der Waals surface area contributed by atoms with E-state index in [-0.39, 0.29) is 0 Å². The van der Waals surface area contributed by atoms with Gasteiger partial charge < -0.3 is 0 Å². The zero-order valence-corrected chi connectivity index (χ0v) is 14.1. The van der Waals surface area contributed by atoms with Crippen molar-refractivity contribution in [1.29, 1.82) is 0 Å². The van der Waals surface area contributed by atoms with Crippen LogP contribution in [0.4, 0.5) is 0 Å². The van der Waals surface area contributed by atoms with Crippen LogP contribution in [0.5, 0.6) is 0 Å². The van der Waals surface area contributed by atoms with E-state index < -0.39 is 0 Å². The Kier molecular flexibility index (Phi) is 10.8. The van der Waals surface area contributed by atoms with Gasteiger partial charge in [0.2, 0.25) is 0 Å². The molecule has 114 valence electrons. The lowest BCUT2D eigenvalue weighted by Gasteiger charge is -2.01. The minimum Gasteiger partial charge on any atom is -0.205 e. The van der Waals surface area contributed by atoms with Crippen LogP contribution in [0.15, 0.2) is 24.5 Å². The normalized spacial score (nSPS) is 10.9. The number of pyridine rings is 1. The third-order valence-corrected chi connectivity index (χ3v) is 4.17. The van der Waals surface area contributed by atoms with Crippen LogP contribution in [0, 0.1) is 0 Å². The largest absolute Gasteiger partial charge is 0.205 e. The van der Waals surface area contributed by atoms with Crippen molar-refractivity contribution in [3.05, 3.63) is 30.1 Å². The summed E-state index contributed by atoms with van der Waals surface area (Å²) in [6.07, 6.45) is 17.8. The van der Waals surface area contributed by atoms with Gasteiger partial charge in [0, 0.05) is 18.6 Å². The van der Waals surface area contributed by atoms with Gasteiger partial charge in [0.1, 0.15) is 6.54 Å². The molecule has 2 heteroatoms. The predicted octanol–water partition coefficient (Wildman–Crippen LogP) is 4.98. The summed E-state index contributed by atoms with van der Waals surface area (Å²) in [5.74, 6) is 1.05. The molecule has 1 aromatic heterocycles. The highest BCUT2D eigenvalue weighted by atomic mass is 32.1. The van der Waals surface area contributed by atoms with Crippen molar-refractivity contribution < 1.29 is 4.57 Å². The fourth-order valence-corrected chi connectivity index (χ4v) is 2.70. The molecule has 0 radical (unpaired) electrons. The Morgan fingerprint density at radius 3 is 2.05 bits per heavy atom. The summed E-state index contributed by atoms with van der Waals surface area (Å²) >= 11 is 4.24. The Hall–Kier alpha value is -0.500. The van der Waals surface area contributed by atoms with Crippen LogP contribution in [-0.2, 0) is 13.0 Å². The van der Waals surface area contributed by atoms with E-state index in [1.165, 1.54) is 76.3 Å². The standard InChI is InChI=1S/C18H31NS/c1-2-3-11-18-12-15-19(16-13-18)14-9-7-5-4-6-8-10-17-20/h12-13,15-16H,2-11,14,17H2,1H3/p+1. The second kappa shape index (κ2) is 12.3. The molecule has 0 unspecified atom stereocenters. The highest BCUT2D eigenvalue weighted by Crippen LogP contribution is 2.07. The molecule has 0 atom stereocenters. The molecule has 0 aliphatic carbocycles. The lowest BCUT2D eigenvalue weighted by atomic mass is 10.1. The highest BCUT2D eigenvalue weighted by Gasteiger charge is 2.01. The van der Waals surface area contributed by atoms with Crippen LogP contribution < -0.4 is 4.57 Å². The average molecular weight is 295 g/mol. The molecule has 0 spiro atoms. The summed E-state index contributed by atoms with van der Waals surface area (Å²) in [5, 5.41) is 0. The van der Waals surface area contributed by atoms with Crippen molar-refractivity contribution in [2.75, 3.05) is 5.75 Å². The molecule has 0 fully saturated rings. The summed E-state index contributed by atoms with van der Waals surface area (Å²) in [7, 11) is 0. The van der Waals surface area contributed by atoms with Crippen molar-refractivity contribution in [3.8, 4) is 0 Å². The fourth-order valence-electron chi connectivity index (χ4n) is 2.47. The maximum atomic E-state index is 4.24. The van der Waals surface area contributed by atoms with E-state index in [0.717, 1.165) is 5.75 Å². The molecule has 0 aliphatic rings. The molecular weight excluding hydrogens is 262 g/mol. The lowest BCUT2D eigenvalue weighted by molar-refractivity contribution is -0.697. The number of hydrogen-bond donors (Lipinski definition) is 1. The maximum absolute atomic E-state index is 4.24. The topological polar surface area (TPSA) is 3.88 Å². The molecule has 0 N–H and O–H groups in total. The molecule has 1 rings (SSSR count). The van der Waals surface area contributed by atoms with Gasteiger partial charge in [-0.3, -0.25) is 0 Å². The number of rotatable bonds is 12. The highest BCUT2D eigenvalue weighted by molar-refractivity contribution is 7.80. The number of nitrogens with zero attached hydrogens (tertiary/aromatic N) is 1. The first-order valence-corrected chi connectivity index (χ1v) is 9.09. The Morgan fingerprint density at radius 2 is 1.45 bits per heavy atom. The van der Waals surface area contributed by atoms with Gasteiger partial charge in [0.05, 0.1) is 0 Å². The number of aryl methyl sites for hydroxylation is 2. The molecule has 1 aromatic rings. The van der Waals surface area contributed by atoms with Gasteiger partial charge >= 0.3 is 0 Å². The van der Waals surface area contributed by atoms with Gasteiger partial charge in [-0.15, -0.1) is 0 Å². The summed E-state index contributed by atoms with van der Waals surface area (Å²) in [5.41, 5.74) is 1.48. The number of thiol groups is 1. The Balaban J connectivity index is 2.04. The zero-order valence-electron chi connectivity index (χ0n) is 13.2. The van der Waals surface area contributed by atoms with Crippen LogP contribution in [0.2, 0.25) is 0 Å². The molecule has 1 heterocycles. The third-order valence-electron chi connectivity index (χ3n) is 3.85. The third kappa shape index (κ3) is 8.63. The maximum Gasteiger partial charge on any atom is 0.169 e. The first-order chi connectivity index (χ1) is 9.86. The molecule has 20 heavy (non-hydrogen) atoms. The summed E-state index contributed by atoms with van der Waals surface area (Å²) in [6.45, 7) is 3.42. The van der Waals surface area contributed by atoms with Crippen molar-refractivity contribution in [2.45, 2.75) is 77.7 Å². The van der Waals surface area contributed by atoms with Crippen molar-refractivity contribution in [2.24, 2.45) is 0 Å². The monoisotopic (exact) mass is 294 g/mol. The molecule has 0 aromatic carbocycles. The van der Waals surface area contributed by atoms with Crippen LogP contribution in [0.1, 0.15) is 70.3 Å². The average Bonchev–Trinajstić information content (AvgIpc) is 2.49. The smallest absolute Gasteiger partial charge is 0.169 e. The van der Waals surface area contributed by atoms with Gasteiger partial charge in [-0.05, 0) is 37.0 Å². The second-order valence-corrected chi connectivity index (χ2v) is 6.19. The number of aromatic nitrogens is 1. The molecule has 1 nitrogen and oxygen atoms in total. The van der Waals surface area contributed by atoms with E-state index in [2.05, 4.69) is 48.6 Å². The zero-order chi connectivity index (χ0) is 14.5. The Labute approximate surface area is 131 Å². The first kappa shape index (κ1) is 17.6. The Morgan fingerprint density at radius 1 is 0.850 bits per heavy atom.